The van der Waals surface area contributed by atoms with Gasteiger partial charge in [0, 0.05) is 32.0 Å². The number of nitrogens with one attached hydrogen (secondary N) is 4. The minimum atomic E-state index is -1.49. The molecule has 0 bridgehead atoms. The van der Waals surface area contributed by atoms with Crippen LogP contribution in [-0.2, 0) is 33.4 Å². The summed E-state index contributed by atoms with van der Waals surface area (Å²) in [4.78, 5) is 93.0. The number of carboxylic acids is 1. The Balaban J connectivity index is 0.000000482. The van der Waals surface area contributed by atoms with Crippen LogP contribution in [0.25, 0.3) is 0 Å². The lowest BCUT2D eigenvalue weighted by Gasteiger charge is -2.38. The van der Waals surface area contributed by atoms with Crippen LogP contribution in [0.4, 0.5) is 9.59 Å². The fourth-order valence-electron chi connectivity index (χ4n) is 9.44. The van der Waals surface area contributed by atoms with Crippen molar-refractivity contribution in [2.45, 2.75) is 192 Å². The summed E-state index contributed by atoms with van der Waals surface area (Å²) in [6, 6.07) is -4.37. The van der Waals surface area contributed by atoms with Gasteiger partial charge in [-0.3, -0.25) is 19.2 Å². The molecule has 0 radical (unpaired) electrons. The maximum absolute atomic E-state index is 13.9. The minimum absolute atomic E-state index is 0. The highest BCUT2D eigenvalue weighted by molar-refractivity contribution is 5.94. The van der Waals surface area contributed by atoms with Gasteiger partial charge in [-0.2, -0.15) is 0 Å². The molecule has 2 saturated carbocycles. The number of aliphatic hydroxyl groups excluding tert-OH is 1. The molecule has 66 heavy (non-hydrogen) atoms. The molecule has 17 nitrogen and oxygen atoms in total. The molecule has 4 fully saturated rings. The Morgan fingerprint density at radius 1 is 0.712 bits per heavy atom. The maximum atomic E-state index is 13.9. The van der Waals surface area contributed by atoms with Gasteiger partial charge in [0.1, 0.15) is 35.4 Å². The Morgan fingerprint density at radius 3 is 1.45 bits per heavy atom. The van der Waals surface area contributed by atoms with E-state index in [0.717, 1.165) is 0 Å². The van der Waals surface area contributed by atoms with Crippen LogP contribution < -0.4 is 21.3 Å². The summed E-state index contributed by atoms with van der Waals surface area (Å²) >= 11 is 0. The first-order valence-electron chi connectivity index (χ1n) is 23.0. The molecule has 0 aromatic heterocycles. The smallest absolute Gasteiger partial charge is 0.408 e. The Morgan fingerprint density at radius 2 is 1.11 bits per heavy atom. The average molecular weight is 933 g/mol. The lowest BCUT2D eigenvalue weighted by molar-refractivity contribution is -0.152. The fourth-order valence-corrected chi connectivity index (χ4v) is 9.44. The van der Waals surface area contributed by atoms with Crippen LogP contribution >= 0.6 is 0 Å². The van der Waals surface area contributed by atoms with Crippen molar-refractivity contribution < 1.29 is 53.2 Å². The highest BCUT2D eigenvalue weighted by atomic mass is 16.6. The van der Waals surface area contributed by atoms with Crippen LogP contribution in [0.1, 0.15) is 144 Å². The van der Waals surface area contributed by atoms with Gasteiger partial charge in [0.05, 0.1) is 6.04 Å². The number of aliphatic carboxylic acids is 1. The Labute approximate surface area is 394 Å². The zero-order valence-electron chi connectivity index (χ0n) is 42.1. The molecule has 2 aliphatic carbocycles. The summed E-state index contributed by atoms with van der Waals surface area (Å²) in [5.74, 6) is -0.0967. The molecule has 10 atom stereocenters. The third-order valence-electron chi connectivity index (χ3n) is 13.2. The molecule has 4 rings (SSSR count). The van der Waals surface area contributed by atoms with E-state index >= 15 is 0 Å². The number of terminal acetylenes is 1. The van der Waals surface area contributed by atoms with E-state index in [2.05, 4.69) is 41.0 Å². The number of carbonyl (C=O) groups is 7. The zero-order chi connectivity index (χ0) is 50.2. The summed E-state index contributed by atoms with van der Waals surface area (Å²) in [5, 5.41) is 31.3. The van der Waals surface area contributed by atoms with Crippen LogP contribution in [-0.4, -0.2) is 129 Å². The van der Waals surface area contributed by atoms with Crippen molar-refractivity contribution in [3.05, 3.63) is 0 Å². The second-order valence-electron chi connectivity index (χ2n) is 23.6. The number of likely N-dealkylation sites (tertiary alicyclic amines) is 2. The van der Waals surface area contributed by atoms with Crippen LogP contribution in [0.2, 0.25) is 0 Å². The topological polar surface area (TPSA) is 233 Å². The third kappa shape index (κ3) is 13.8. The van der Waals surface area contributed by atoms with Crippen LogP contribution in [0.3, 0.4) is 0 Å². The lowest BCUT2D eigenvalue weighted by Crippen LogP contribution is -2.61. The molecule has 4 aliphatic rings. The maximum Gasteiger partial charge on any atom is 0.408 e. The van der Waals surface area contributed by atoms with E-state index < -0.39 is 88.3 Å². The van der Waals surface area contributed by atoms with E-state index in [1.54, 1.807) is 41.5 Å². The number of ether oxygens (including phenoxy) is 2. The number of hydrogen-bond donors (Lipinski definition) is 6. The summed E-state index contributed by atoms with van der Waals surface area (Å²) in [6.07, 6.45) is 3.69. The molecule has 0 spiro atoms. The van der Waals surface area contributed by atoms with Crippen LogP contribution in [0.5, 0.6) is 0 Å². The van der Waals surface area contributed by atoms with Crippen molar-refractivity contribution in [3.8, 4) is 12.3 Å². The number of carbonyl (C=O) groups excluding carboxylic acids is 6. The number of rotatable bonds is 13. The van der Waals surface area contributed by atoms with Gasteiger partial charge in [-0.05, 0) is 93.8 Å². The average Bonchev–Trinajstić information content (AvgIpc) is 3.60. The second-order valence-corrected chi connectivity index (χ2v) is 23.6. The first-order valence-corrected chi connectivity index (χ1v) is 23.0. The van der Waals surface area contributed by atoms with E-state index in [1.807, 2.05) is 62.3 Å². The van der Waals surface area contributed by atoms with Gasteiger partial charge in [0.2, 0.25) is 17.7 Å². The molecule has 2 saturated heterocycles. The lowest BCUT2D eigenvalue weighted by atomic mass is 9.85. The number of piperidine rings is 2. The summed E-state index contributed by atoms with van der Waals surface area (Å²) in [7, 11) is 0. The minimum Gasteiger partial charge on any atom is -0.480 e. The van der Waals surface area contributed by atoms with Crippen LogP contribution in [0.15, 0.2) is 0 Å². The summed E-state index contributed by atoms with van der Waals surface area (Å²) < 4.78 is 10.7. The SMILES string of the molecule is C.C#CCCC(NC(=O)[C@@H]1[C@@H]2C(CN1C(=O)[C@@H](NC(=O)OC(C)(C)C)C(C)(C)C)C2(C)C)C(O)C(=O)NCCC.CC(C)(C)OC(=O)N[C@H](C(=O)N1CC2[C@@H]([C@H]1C(=O)O)C2(C)C)C(C)(C)C. The first kappa shape index (κ1) is 57.5. The van der Waals surface area contributed by atoms with Gasteiger partial charge >= 0.3 is 18.2 Å². The fraction of sp³-hybridized carbons (Fsp3) is 0.816. The molecular formula is C49H84N6O11. The number of carboxylic acid groups (broad SMARTS) is 1. The van der Waals surface area contributed by atoms with Gasteiger partial charge in [-0.1, -0.05) is 83.6 Å². The van der Waals surface area contributed by atoms with Crippen LogP contribution in [0, 0.1) is 57.7 Å². The van der Waals surface area contributed by atoms with E-state index in [1.165, 1.54) is 9.80 Å². The highest BCUT2D eigenvalue weighted by Gasteiger charge is 2.71. The predicted molar refractivity (Wildman–Crippen MR) is 251 cm³/mol. The first-order chi connectivity index (χ1) is 29.4. The van der Waals surface area contributed by atoms with Crippen molar-refractivity contribution in [3.63, 3.8) is 0 Å². The second kappa shape index (κ2) is 20.7. The standard InChI is InChI=1S/C29H48N4O6.C19H32N2O5.CH4/c1-11-13-14-18(21(34)24(36)30-15-12-2)31-23(35)20-19-17(29(19,9)10)16-33(20)25(37)22(27(3,4)5)32-26(38)39-28(6,7)8;1-17(2,3)13(20-16(25)26-18(4,5)6)14(22)21-9-10-11(19(10,7)8)12(21)15(23)24;/h1,17-22,34H,12-16H2,2-10H3,(H,30,36)(H,31,35)(H,32,38);10-13H,9H2,1-8H3,(H,20,25)(H,23,24);1H4/t17?,18?,19-,20-,21?,22+;10?,11-,12-,13+;/m00./s1. The van der Waals surface area contributed by atoms with Crippen molar-refractivity contribution in [2.75, 3.05) is 19.6 Å². The molecule has 0 aromatic carbocycles. The monoisotopic (exact) mass is 933 g/mol. The number of hydrogen-bond acceptors (Lipinski definition) is 10. The van der Waals surface area contributed by atoms with Crippen molar-refractivity contribution in [1.82, 2.24) is 31.1 Å². The quantitative estimate of drug-likeness (QED) is 0.129. The molecule has 6 N–H and O–H groups in total. The molecule has 0 aromatic rings. The molecular weight excluding hydrogens is 849 g/mol. The normalized spacial score (nSPS) is 25.2. The van der Waals surface area contributed by atoms with Gasteiger partial charge < -0.3 is 50.8 Å². The molecule has 17 heteroatoms. The third-order valence-corrected chi connectivity index (χ3v) is 13.2. The van der Waals surface area contributed by atoms with Crippen molar-refractivity contribution >= 4 is 41.8 Å². The number of nitrogens with zero attached hydrogens (tertiary/aromatic N) is 2. The summed E-state index contributed by atoms with van der Waals surface area (Å²) in [6.45, 7) is 32.8. The Hall–Kier alpha value is -4.59. The molecule has 2 heterocycles. The van der Waals surface area contributed by atoms with E-state index in [0.29, 0.717) is 26.1 Å². The van der Waals surface area contributed by atoms with E-state index in [-0.39, 0.29) is 66.6 Å². The number of fused-ring (bicyclic) bond motifs is 2. The van der Waals surface area contributed by atoms with E-state index in [4.69, 9.17) is 15.9 Å². The zero-order valence-corrected chi connectivity index (χ0v) is 42.1. The number of aliphatic hydroxyl groups is 1. The molecule has 376 valence electrons. The number of amides is 6. The molecule has 6 amide bonds. The van der Waals surface area contributed by atoms with Gasteiger partial charge in [-0.25, -0.2) is 14.4 Å². The van der Waals surface area contributed by atoms with Gasteiger partial charge in [0.25, 0.3) is 5.91 Å². The van der Waals surface area contributed by atoms with Crippen molar-refractivity contribution in [2.24, 2.45) is 45.3 Å². The van der Waals surface area contributed by atoms with Gasteiger partial charge in [-0.15, -0.1) is 12.3 Å². The Kier molecular flexibility index (Phi) is 18.1. The molecule has 4 unspecified atom stereocenters. The van der Waals surface area contributed by atoms with Gasteiger partial charge in [0.15, 0.2) is 6.10 Å². The molecule has 2 aliphatic heterocycles. The Bertz CT molecular complexity index is 1850. The van der Waals surface area contributed by atoms with Crippen molar-refractivity contribution in [1.29, 1.82) is 0 Å². The highest BCUT2D eigenvalue weighted by Crippen LogP contribution is 2.66. The summed E-state index contributed by atoms with van der Waals surface area (Å²) in [5.41, 5.74) is -2.89. The van der Waals surface area contributed by atoms with E-state index in [9.17, 15) is 43.8 Å². The predicted octanol–water partition coefficient (Wildman–Crippen LogP) is 5.32. The number of alkyl carbamates (subject to hydrolysis) is 2. The largest absolute Gasteiger partial charge is 0.480 e.